The molecule has 1 saturated heterocycles. The molecule has 1 amide bonds. The molecular formula is C26H23NO5S. The number of hydrogen-bond acceptors (Lipinski definition) is 6. The lowest BCUT2D eigenvalue weighted by Crippen LogP contribution is -2.32. The van der Waals surface area contributed by atoms with Crippen molar-refractivity contribution in [2.45, 2.75) is 28.7 Å². The largest absolute Gasteiger partial charge is 0.491 e. The average molecular weight is 462 g/mol. The third kappa shape index (κ3) is 4.74. The molecule has 0 N–H and O–H groups in total. The first-order chi connectivity index (χ1) is 16.2. The van der Waals surface area contributed by atoms with E-state index in [1.165, 1.54) is 0 Å². The van der Waals surface area contributed by atoms with Crippen LogP contribution in [0.2, 0.25) is 0 Å². The van der Waals surface area contributed by atoms with Crippen LogP contribution in [0.1, 0.15) is 23.2 Å². The Morgan fingerprint density at radius 3 is 2.24 bits per heavy atom. The summed E-state index contributed by atoms with van der Waals surface area (Å²) in [6.45, 7) is 0.920. The van der Waals surface area contributed by atoms with Gasteiger partial charge >= 0.3 is 5.97 Å². The standard InChI is InChI=1S/C26H23NO5S/c28-25(27-21-7-1-3-9-23(21)33-24-10-4-2-8-22(24)27)17-32-26(29)18-11-13-19(14-12-18)31-16-20-6-5-15-30-20/h1-4,7-14,20H,5-6,15-17H2. The average Bonchev–Trinajstić information content (AvgIpc) is 3.38. The first kappa shape index (κ1) is 21.6. The highest BCUT2D eigenvalue weighted by Gasteiger charge is 2.28. The van der Waals surface area contributed by atoms with Gasteiger partial charge in [-0.1, -0.05) is 36.0 Å². The fraction of sp³-hybridized carbons (Fsp3) is 0.231. The van der Waals surface area contributed by atoms with Crippen LogP contribution in [0.15, 0.2) is 82.6 Å². The van der Waals surface area contributed by atoms with E-state index in [-0.39, 0.29) is 18.6 Å². The predicted octanol–water partition coefficient (Wildman–Crippen LogP) is 5.23. The molecule has 33 heavy (non-hydrogen) atoms. The van der Waals surface area contributed by atoms with E-state index in [0.717, 1.165) is 40.6 Å². The molecule has 0 aliphatic carbocycles. The lowest BCUT2D eigenvalue weighted by atomic mass is 10.2. The van der Waals surface area contributed by atoms with Gasteiger partial charge in [0.1, 0.15) is 12.4 Å². The minimum atomic E-state index is -0.554. The van der Waals surface area contributed by atoms with Crippen LogP contribution in [0, 0.1) is 0 Å². The Hall–Kier alpha value is -3.29. The van der Waals surface area contributed by atoms with Crippen molar-refractivity contribution in [3.05, 3.63) is 78.4 Å². The number of carbonyl (C=O) groups excluding carboxylic acids is 2. The van der Waals surface area contributed by atoms with Crippen molar-refractivity contribution < 1.29 is 23.8 Å². The molecule has 0 spiro atoms. The number of carbonyl (C=O) groups is 2. The molecule has 2 heterocycles. The lowest BCUT2D eigenvalue weighted by Gasteiger charge is -2.30. The molecule has 1 fully saturated rings. The zero-order valence-electron chi connectivity index (χ0n) is 17.9. The van der Waals surface area contributed by atoms with Crippen LogP contribution in [0.4, 0.5) is 11.4 Å². The second kappa shape index (κ2) is 9.68. The highest BCUT2D eigenvalue weighted by molar-refractivity contribution is 7.99. The van der Waals surface area contributed by atoms with Crippen LogP contribution in [0.3, 0.4) is 0 Å². The Morgan fingerprint density at radius 1 is 0.939 bits per heavy atom. The van der Waals surface area contributed by atoms with Crippen molar-refractivity contribution in [3.8, 4) is 5.75 Å². The van der Waals surface area contributed by atoms with Gasteiger partial charge in [-0.2, -0.15) is 0 Å². The smallest absolute Gasteiger partial charge is 0.338 e. The van der Waals surface area contributed by atoms with Crippen LogP contribution in [-0.4, -0.2) is 37.8 Å². The second-order valence-electron chi connectivity index (χ2n) is 7.81. The highest BCUT2D eigenvalue weighted by atomic mass is 32.2. The monoisotopic (exact) mass is 461 g/mol. The van der Waals surface area contributed by atoms with Gasteiger partial charge in [0.15, 0.2) is 6.61 Å². The summed E-state index contributed by atoms with van der Waals surface area (Å²) in [5, 5.41) is 0. The summed E-state index contributed by atoms with van der Waals surface area (Å²) >= 11 is 1.62. The fourth-order valence-corrected chi connectivity index (χ4v) is 4.96. The molecule has 1 atom stereocenters. The zero-order valence-corrected chi connectivity index (χ0v) is 18.8. The number of amides is 1. The van der Waals surface area contributed by atoms with E-state index in [1.54, 1.807) is 40.9 Å². The van der Waals surface area contributed by atoms with Gasteiger partial charge in [-0.25, -0.2) is 4.79 Å². The van der Waals surface area contributed by atoms with Crippen molar-refractivity contribution >= 4 is 35.0 Å². The maximum Gasteiger partial charge on any atom is 0.338 e. The maximum atomic E-state index is 13.1. The van der Waals surface area contributed by atoms with Crippen LogP contribution in [-0.2, 0) is 14.3 Å². The molecule has 0 aromatic heterocycles. The fourth-order valence-electron chi connectivity index (χ4n) is 3.90. The topological polar surface area (TPSA) is 65.1 Å². The van der Waals surface area contributed by atoms with Gasteiger partial charge in [-0.05, 0) is 61.4 Å². The Balaban J connectivity index is 1.23. The number of fused-ring (bicyclic) bond motifs is 2. The van der Waals surface area contributed by atoms with E-state index in [1.807, 2.05) is 48.5 Å². The summed E-state index contributed by atoms with van der Waals surface area (Å²) in [5.74, 6) is -0.195. The Labute approximate surface area is 196 Å². The number of esters is 1. The molecular weight excluding hydrogens is 438 g/mol. The van der Waals surface area contributed by atoms with Gasteiger partial charge < -0.3 is 14.2 Å². The summed E-state index contributed by atoms with van der Waals surface area (Å²) in [4.78, 5) is 29.3. The van der Waals surface area contributed by atoms with Crippen molar-refractivity contribution in [2.75, 3.05) is 24.7 Å². The summed E-state index contributed by atoms with van der Waals surface area (Å²) in [6, 6.07) is 22.1. The predicted molar refractivity (Wildman–Crippen MR) is 125 cm³/mol. The number of nitrogens with zero attached hydrogens (tertiary/aromatic N) is 1. The number of para-hydroxylation sites is 2. The number of benzene rings is 3. The summed E-state index contributed by atoms with van der Waals surface area (Å²) in [7, 11) is 0. The molecule has 3 aromatic rings. The molecule has 3 aromatic carbocycles. The van der Waals surface area contributed by atoms with Gasteiger partial charge in [0.2, 0.25) is 0 Å². The molecule has 0 radical (unpaired) electrons. The third-order valence-corrected chi connectivity index (χ3v) is 6.69. The van der Waals surface area contributed by atoms with E-state index in [9.17, 15) is 9.59 Å². The second-order valence-corrected chi connectivity index (χ2v) is 8.90. The Kier molecular flexibility index (Phi) is 6.32. The summed E-state index contributed by atoms with van der Waals surface area (Å²) in [5.41, 5.74) is 1.94. The number of anilines is 2. The van der Waals surface area contributed by atoms with Crippen molar-refractivity contribution in [1.82, 2.24) is 0 Å². The minimum Gasteiger partial charge on any atom is -0.491 e. The molecule has 7 heteroatoms. The number of hydrogen-bond donors (Lipinski definition) is 0. The van der Waals surface area contributed by atoms with Crippen LogP contribution >= 0.6 is 11.8 Å². The normalized spacial score (nSPS) is 16.6. The first-order valence-electron chi connectivity index (χ1n) is 10.9. The van der Waals surface area contributed by atoms with E-state index in [4.69, 9.17) is 14.2 Å². The van der Waals surface area contributed by atoms with Crippen LogP contribution in [0.5, 0.6) is 5.75 Å². The SMILES string of the molecule is O=C(OCC(=O)N1c2ccccc2Sc2ccccc21)c1ccc(OCC2CCCO2)cc1. The third-order valence-electron chi connectivity index (χ3n) is 5.56. The van der Waals surface area contributed by atoms with Crippen molar-refractivity contribution in [1.29, 1.82) is 0 Å². The van der Waals surface area contributed by atoms with Gasteiger partial charge in [0, 0.05) is 16.4 Å². The van der Waals surface area contributed by atoms with Crippen molar-refractivity contribution in [3.63, 3.8) is 0 Å². The van der Waals surface area contributed by atoms with Gasteiger partial charge in [-0.3, -0.25) is 9.69 Å². The summed E-state index contributed by atoms with van der Waals surface area (Å²) in [6.07, 6.45) is 2.19. The minimum absolute atomic E-state index is 0.129. The number of ether oxygens (including phenoxy) is 3. The molecule has 2 aliphatic rings. The summed E-state index contributed by atoms with van der Waals surface area (Å²) < 4.78 is 16.6. The molecule has 5 rings (SSSR count). The Bertz CT molecular complexity index is 1110. The zero-order chi connectivity index (χ0) is 22.6. The van der Waals surface area contributed by atoms with Gasteiger partial charge in [0.05, 0.1) is 23.0 Å². The number of rotatable bonds is 6. The van der Waals surface area contributed by atoms with E-state index < -0.39 is 5.97 Å². The van der Waals surface area contributed by atoms with E-state index in [0.29, 0.717) is 17.9 Å². The lowest BCUT2D eigenvalue weighted by molar-refractivity contribution is -0.121. The molecule has 6 nitrogen and oxygen atoms in total. The molecule has 1 unspecified atom stereocenters. The van der Waals surface area contributed by atoms with Crippen molar-refractivity contribution in [2.24, 2.45) is 0 Å². The first-order valence-corrected chi connectivity index (χ1v) is 11.7. The van der Waals surface area contributed by atoms with Gasteiger partial charge in [-0.15, -0.1) is 0 Å². The molecule has 168 valence electrons. The quantitative estimate of drug-likeness (QED) is 0.469. The highest BCUT2D eigenvalue weighted by Crippen LogP contribution is 2.47. The van der Waals surface area contributed by atoms with E-state index >= 15 is 0 Å². The maximum absolute atomic E-state index is 13.1. The van der Waals surface area contributed by atoms with Crippen LogP contribution in [0.25, 0.3) is 0 Å². The molecule has 0 saturated carbocycles. The van der Waals surface area contributed by atoms with Crippen LogP contribution < -0.4 is 9.64 Å². The van der Waals surface area contributed by atoms with Gasteiger partial charge in [0.25, 0.3) is 5.91 Å². The molecule has 2 aliphatic heterocycles. The Morgan fingerprint density at radius 2 is 1.61 bits per heavy atom. The molecule has 0 bridgehead atoms. The van der Waals surface area contributed by atoms with E-state index in [2.05, 4.69) is 0 Å².